The second kappa shape index (κ2) is 9.58. The summed E-state index contributed by atoms with van der Waals surface area (Å²) in [6.07, 6.45) is -0.0558. The van der Waals surface area contributed by atoms with E-state index in [4.69, 9.17) is 14.9 Å². The Bertz CT molecular complexity index is 984. The molecule has 3 amide bonds. The van der Waals surface area contributed by atoms with Gasteiger partial charge in [-0.2, -0.15) is 0 Å². The van der Waals surface area contributed by atoms with E-state index in [1.807, 2.05) is 0 Å². The van der Waals surface area contributed by atoms with E-state index in [1.54, 1.807) is 25.1 Å². The van der Waals surface area contributed by atoms with Gasteiger partial charge in [0.1, 0.15) is 11.3 Å². The van der Waals surface area contributed by atoms with Crippen molar-refractivity contribution in [2.24, 2.45) is 5.73 Å². The first-order valence-corrected chi connectivity index (χ1v) is 8.86. The lowest BCUT2D eigenvalue weighted by Crippen LogP contribution is -2.48. The minimum absolute atomic E-state index is 0.0272. The molecule has 10 heteroatoms. The van der Waals surface area contributed by atoms with Crippen molar-refractivity contribution in [1.82, 2.24) is 10.6 Å². The van der Waals surface area contributed by atoms with Crippen LogP contribution in [0.15, 0.2) is 27.4 Å². The third-order valence-electron chi connectivity index (χ3n) is 4.42. The summed E-state index contributed by atoms with van der Waals surface area (Å²) in [5, 5.41) is 16.5. The monoisotopic (exact) mass is 404 g/mol. The van der Waals surface area contributed by atoms with Crippen LogP contribution in [0.2, 0.25) is 0 Å². The van der Waals surface area contributed by atoms with E-state index in [0.29, 0.717) is 22.3 Å². The van der Waals surface area contributed by atoms with E-state index >= 15 is 0 Å². The fraction of sp³-hybridized carbons (Fsp3) is 0.368. The minimum atomic E-state index is -1.47. The van der Waals surface area contributed by atoms with Gasteiger partial charge in [0, 0.05) is 18.0 Å². The molecule has 1 heterocycles. The first-order valence-electron chi connectivity index (χ1n) is 8.86. The number of nitrogens with two attached hydrogens (primary N) is 1. The molecule has 0 spiro atoms. The van der Waals surface area contributed by atoms with Crippen molar-refractivity contribution >= 4 is 28.9 Å². The summed E-state index contributed by atoms with van der Waals surface area (Å²) in [6, 6.07) is 2.99. The van der Waals surface area contributed by atoms with Gasteiger partial charge in [-0.1, -0.05) is 0 Å². The largest absolute Gasteiger partial charge is 0.548 e. The number of ether oxygens (including phenoxy) is 1. The van der Waals surface area contributed by atoms with Gasteiger partial charge in [0.25, 0.3) is 0 Å². The highest BCUT2D eigenvalue weighted by atomic mass is 16.5. The predicted molar refractivity (Wildman–Crippen MR) is 101 cm³/mol. The van der Waals surface area contributed by atoms with Crippen molar-refractivity contribution in [3.8, 4) is 5.75 Å². The van der Waals surface area contributed by atoms with E-state index in [-0.39, 0.29) is 31.4 Å². The molecule has 0 aliphatic rings. The van der Waals surface area contributed by atoms with E-state index in [2.05, 4.69) is 10.6 Å². The molecular weight excluding hydrogens is 382 g/mol. The second-order valence-corrected chi connectivity index (χ2v) is 6.40. The molecule has 1 atom stereocenters. The first-order chi connectivity index (χ1) is 13.7. The lowest BCUT2D eigenvalue weighted by atomic mass is 10.0. The number of benzene rings is 1. The number of hydrogen-bond acceptors (Lipinski definition) is 7. The van der Waals surface area contributed by atoms with Crippen LogP contribution in [-0.2, 0) is 16.0 Å². The van der Waals surface area contributed by atoms with Crippen LogP contribution in [0.3, 0.4) is 0 Å². The Kier molecular flexibility index (Phi) is 7.18. The molecule has 0 unspecified atom stereocenters. The maximum Gasteiger partial charge on any atom is 0.340 e. The highest BCUT2D eigenvalue weighted by Gasteiger charge is 2.18. The third kappa shape index (κ3) is 5.71. The van der Waals surface area contributed by atoms with Crippen LogP contribution in [0, 0.1) is 6.92 Å². The lowest BCUT2D eigenvalue weighted by Gasteiger charge is -2.20. The van der Waals surface area contributed by atoms with E-state index < -0.39 is 29.6 Å². The molecule has 0 saturated carbocycles. The van der Waals surface area contributed by atoms with Crippen LogP contribution < -0.4 is 31.8 Å². The van der Waals surface area contributed by atoms with Gasteiger partial charge in [-0.15, -0.1) is 0 Å². The number of hydrogen-bond donors (Lipinski definition) is 3. The number of carboxylic acid groups (broad SMARTS) is 1. The van der Waals surface area contributed by atoms with Crippen LogP contribution in [0.25, 0.3) is 11.0 Å². The molecule has 2 aromatic rings. The van der Waals surface area contributed by atoms with Gasteiger partial charge in [-0.25, -0.2) is 9.59 Å². The molecule has 10 nitrogen and oxygen atoms in total. The van der Waals surface area contributed by atoms with Crippen LogP contribution in [0.1, 0.15) is 24.0 Å². The average Bonchev–Trinajstić information content (AvgIpc) is 2.66. The lowest BCUT2D eigenvalue weighted by molar-refractivity contribution is -0.308. The smallest absolute Gasteiger partial charge is 0.340 e. The second-order valence-electron chi connectivity index (χ2n) is 6.40. The highest BCUT2D eigenvalue weighted by molar-refractivity contribution is 5.87. The van der Waals surface area contributed by atoms with E-state index in [1.165, 1.54) is 7.11 Å². The molecule has 0 radical (unpaired) electrons. The molecule has 0 aliphatic heterocycles. The molecule has 0 fully saturated rings. The number of carboxylic acids is 1. The minimum Gasteiger partial charge on any atom is -0.548 e. The summed E-state index contributed by atoms with van der Waals surface area (Å²) >= 11 is 0. The molecule has 1 aromatic heterocycles. The van der Waals surface area contributed by atoms with Gasteiger partial charge in [0.2, 0.25) is 5.91 Å². The Morgan fingerprint density at radius 3 is 2.66 bits per heavy atom. The van der Waals surface area contributed by atoms with Gasteiger partial charge in [-0.3, -0.25) is 4.79 Å². The summed E-state index contributed by atoms with van der Waals surface area (Å²) in [5.41, 5.74) is 5.26. The molecule has 2 rings (SSSR count). The van der Waals surface area contributed by atoms with Crippen molar-refractivity contribution in [2.45, 2.75) is 32.2 Å². The average molecular weight is 404 g/mol. The van der Waals surface area contributed by atoms with Crippen molar-refractivity contribution in [2.75, 3.05) is 13.7 Å². The molecule has 1 aromatic carbocycles. The maximum atomic E-state index is 12.3. The summed E-state index contributed by atoms with van der Waals surface area (Å²) in [4.78, 5) is 46.5. The maximum absolute atomic E-state index is 12.3. The molecule has 156 valence electrons. The summed E-state index contributed by atoms with van der Waals surface area (Å²) in [7, 11) is 1.49. The Balaban J connectivity index is 2.12. The van der Waals surface area contributed by atoms with Crippen molar-refractivity contribution < 1.29 is 28.6 Å². The van der Waals surface area contributed by atoms with Crippen LogP contribution >= 0.6 is 0 Å². The van der Waals surface area contributed by atoms with Crippen molar-refractivity contribution in [1.29, 1.82) is 0 Å². The SMILES string of the molecule is COc1ccc2c(C)c(CC(=O)N[C@@H](CCCNC(N)=O)C(=O)[O-])c(=O)oc2c1. The van der Waals surface area contributed by atoms with Gasteiger partial charge in [-0.05, 0) is 37.5 Å². The number of nitrogens with one attached hydrogen (secondary N) is 2. The zero-order valence-electron chi connectivity index (χ0n) is 16.1. The molecule has 0 saturated heterocycles. The van der Waals surface area contributed by atoms with Crippen LogP contribution in [0.5, 0.6) is 5.75 Å². The van der Waals surface area contributed by atoms with E-state index in [0.717, 1.165) is 0 Å². The van der Waals surface area contributed by atoms with Gasteiger partial charge in [0.15, 0.2) is 0 Å². The fourth-order valence-corrected chi connectivity index (χ4v) is 2.88. The summed E-state index contributed by atoms with van der Waals surface area (Å²) in [5.74, 6) is -1.61. The standard InChI is InChI=1S/C19H23N3O7/c1-10-12-6-5-11(28-2)8-15(12)29-18(26)13(10)9-16(23)22-14(17(24)25)4-3-7-21-19(20)27/h5-6,8,14H,3-4,7,9H2,1-2H3,(H,22,23)(H,24,25)(H3,20,21,27)/p-1/t14-/m0/s1. The predicted octanol–water partition coefficient (Wildman–Crippen LogP) is -0.664. The van der Waals surface area contributed by atoms with Crippen molar-refractivity contribution in [3.05, 3.63) is 39.7 Å². The Labute approximate surface area is 166 Å². The highest BCUT2D eigenvalue weighted by Crippen LogP contribution is 2.24. The number of aryl methyl sites for hydroxylation is 1. The van der Waals surface area contributed by atoms with Gasteiger partial charge >= 0.3 is 11.7 Å². The number of carbonyl (C=O) groups excluding carboxylic acids is 3. The molecular formula is C19H22N3O7-. The molecule has 29 heavy (non-hydrogen) atoms. The number of fused-ring (bicyclic) bond motifs is 1. The summed E-state index contributed by atoms with van der Waals surface area (Å²) < 4.78 is 10.4. The quantitative estimate of drug-likeness (QED) is 0.369. The number of rotatable bonds is 9. The summed E-state index contributed by atoms with van der Waals surface area (Å²) in [6.45, 7) is 1.84. The number of aliphatic carboxylic acids is 1. The van der Waals surface area contributed by atoms with Gasteiger partial charge < -0.3 is 35.4 Å². The topological polar surface area (TPSA) is 164 Å². The van der Waals surface area contributed by atoms with Gasteiger partial charge in [0.05, 0.1) is 31.1 Å². The zero-order valence-corrected chi connectivity index (χ0v) is 16.1. The van der Waals surface area contributed by atoms with E-state index in [9.17, 15) is 24.3 Å². The van der Waals surface area contributed by atoms with Crippen molar-refractivity contribution in [3.63, 3.8) is 0 Å². The van der Waals surface area contributed by atoms with Crippen LogP contribution in [-0.4, -0.2) is 37.6 Å². The van der Waals surface area contributed by atoms with Crippen LogP contribution in [0.4, 0.5) is 4.79 Å². The Morgan fingerprint density at radius 2 is 2.03 bits per heavy atom. The normalized spacial score (nSPS) is 11.7. The molecule has 0 aliphatic carbocycles. The molecule has 4 N–H and O–H groups in total. The number of amides is 3. The first kappa shape index (κ1) is 21.7. The number of primary amides is 1. The number of carbonyl (C=O) groups is 3. The number of methoxy groups -OCH3 is 1. The fourth-order valence-electron chi connectivity index (χ4n) is 2.88. The number of urea groups is 1. The Hall–Kier alpha value is -3.56. The molecule has 0 bridgehead atoms. The third-order valence-corrected chi connectivity index (χ3v) is 4.42. The zero-order chi connectivity index (χ0) is 21.6. The Morgan fingerprint density at radius 1 is 1.31 bits per heavy atom.